The van der Waals surface area contributed by atoms with Gasteiger partial charge in [-0.25, -0.2) is 0 Å². The van der Waals surface area contributed by atoms with Gasteiger partial charge in [0.15, 0.2) is 0 Å². The first kappa shape index (κ1) is 11.4. The highest BCUT2D eigenvalue weighted by molar-refractivity contribution is 6.02. The molecule has 0 fully saturated rings. The van der Waals surface area contributed by atoms with Crippen molar-refractivity contribution in [3.8, 4) is 0 Å². The fourth-order valence-corrected chi connectivity index (χ4v) is 1.77. The predicted octanol–water partition coefficient (Wildman–Crippen LogP) is 4.21. The Labute approximate surface area is 102 Å². The van der Waals surface area contributed by atoms with Gasteiger partial charge in [0.25, 0.3) is 0 Å². The first-order chi connectivity index (χ1) is 8.33. The number of para-hydroxylation sites is 2. The second-order valence-electron chi connectivity index (χ2n) is 3.81. The van der Waals surface area contributed by atoms with Gasteiger partial charge < -0.3 is 0 Å². The molecular weight excluding hydrogens is 208 g/mol. The van der Waals surface area contributed by atoms with E-state index in [1.54, 1.807) is 0 Å². The average Bonchev–Trinajstić information content (AvgIpc) is 2.41. The summed E-state index contributed by atoms with van der Waals surface area (Å²) in [5.41, 5.74) is 2.07. The molecule has 0 radical (unpaired) electrons. The zero-order valence-electron chi connectivity index (χ0n) is 9.93. The lowest BCUT2D eigenvalue weighted by molar-refractivity contribution is 1.16. The summed E-state index contributed by atoms with van der Waals surface area (Å²) in [6, 6.07) is 20.1. The van der Waals surface area contributed by atoms with E-state index >= 15 is 0 Å². The molecular formula is C15H16N2. The molecule has 0 unspecified atom stereocenters. The van der Waals surface area contributed by atoms with Gasteiger partial charge in [0.05, 0.1) is 0 Å². The van der Waals surface area contributed by atoms with Crippen molar-refractivity contribution in [3.63, 3.8) is 0 Å². The Kier molecular flexibility index (Phi) is 3.55. The van der Waals surface area contributed by atoms with Gasteiger partial charge in [0, 0.05) is 17.8 Å². The number of nitrogens with one attached hydrogen (secondary N) is 1. The molecule has 0 atom stereocenters. The molecule has 2 aromatic carbocycles. The third kappa shape index (κ3) is 2.53. The minimum Gasteiger partial charge on any atom is -0.299 e. The van der Waals surface area contributed by atoms with Crippen LogP contribution < -0.4 is 4.90 Å². The van der Waals surface area contributed by atoms with Crippen LogP contribution in [0.25, 0.3) is 0 Å². The maximum Gasteiger partial charge on any atom is 0.105 e. The van der Waals surface area contributed by atoms with Crippen LogP contribution in [0.1, 0.15) is 13.3 Å². The first-order valence-corrected chi connectivity index (χ1v) is 5.80. The Balaban J connectivity index is 2.43. The molecule has 0 aliphatic carbocycles. The molecule has 0 heterocycles. The smallest absolute Gasteiger partial charge is 0.105 e. The molecule has 0 aromatic heterocycles. The van der Waals surface area contributed by atoms with E-state index in [2.05, 4.69) is 0 Å². The standard InChI is InChI=1S/C15H16N2/c1-2-15(16)17(13-9-5-3-6-10-13)14-11-7-4-8-12-14/h3-12,16H,2H2,1H3. The van der Waals surface area contributed by atoms with Crippen LogP contribution in [0, 0.1) is 5.41 Å². The van der Waals surface area contributed by atoms with E-state index in [4.69, 9.17) is 5.41 Å². The number of hydrogen-bond acceptors (Lipinski definition) is 1. The Morgan fingerprint density at radius 1 is 0.882 bits per heavy atom. The summed E-state index contributed by atoms with van der Waals surface area (Å²) in [6.07, 6.45) is 0.712. The molecule has 0 aliphatic rings. The largest absolute Gasteiger partial charge is 0.299 e. The fraction of sp³-hybridized carbons (Fsp3) is 0.133. The second kappa shape index (κ2) is 5.30. The number of nitrogens with zero attached hydrogens (tertiary/aromatic N) is 1. The van der Waals surface area contributed by atoms with Crippen LogP contribution in [-0.4, -0.2) is 5.84 Å². The van der Waals surface area contributed by atoms with Gasteiger partial charge in [-0.05, 0) is 24.3 Å². The molecule has 0 amide bonds. The Morgan fingerprint density at radius 3 is 1.65 bits per heavy atom. The molecule has 1 N–H and O–H groups in total. The fourth-order valence-electron chi connectivity index (χ4n) is 1.77. The molecule has 2 rings (SSSR count). The van der Waals surface area contributed by atoms with Crippen molar-refractivity contribution in [2.24, 2.45) is 0 Å². The van der Waals surface area contributed by atoms with Crippen molar-refractivity contribution in [1.82, 2.24) is 0 Å². The molecule has 0 bridgehead atoms. The lowest BCUT2D eigenvalue weighted by Crippen LogP contribution is -2.24. The van der Waals surface area contributed by atoms with Crippen LogP contribution in [0.3, 0.4) is 0 Å². The summed E-state index contributed by atoms with van der Waals surface area (Å²) < 4.78 is 0. The molecule has 2 nitrogen and oxygen atoms in total. The van der Waals surface area contributed by atoms with Gasteiger partial charge in [0.2, 0.25) is 0 Å². The van der Waals surface area contributed by atoms with E-state index in [0.29, 0.717) is 12.3 Å². The van der Waals surface area contributed by atoms with Crippen molar-refractivity contribution >= 4 is 17.2 Å². The van der Waals surface area contributed by atoms with Crippen molar-refractivity contribution in [2.45, 2.75) is 13.3 Å². The van der Waals surface area contributed by atoms with Crippen LogP contribution in [0.5, 0.6) is 0 Å². The Bertz CT molecular complexity index is 437. The van der Waals surface area contributed by atoms with Gasteiger partial charge in [-0.1, -0.05) is 43.3 Å². The molecule has 0 spiro atoms. The monoisotopic (exact) mass is 224 g/mol. The van der Waals surface area contributed by atoms with Gasteiger partial charge in [-0.3, -0.25) is 10.3 Å². The average molecular weight is 224 g/mol. The minimum absolute atomic E-state index is 0.599. The summed E-state index contributed by atoms with van der Waals surface area (Å²) in [7, 11) is 0. The molecule has 0 aliphatic heterocycles. The van der Waals surface area contributed by atoms with Gasteiger partial charge in [-0.2, -0.15) is 0 Å². The zero-order valence-corrected chi connectivity index (χ0v) is 9.93. The summed E-state index contributed by atoms with van der Waals surface area (Å²) in [4.78, 5) is 1.97. The minimum atomic E-state index is 0.599. The highest BCUT2D eigenvalue weighted by atomic mass is 15.2. The van der Waals surface area contributed by atoms with E-state index in [1.165, 1.54) is 0 Å². The highest BCUT2D eigenvalue weighted by Gasteiger charge is 2.12. The number of anilines is 2. The van der Waals surface area contributed by atoms with Crippen LogP contribution in [0.2, 0.25) is 0 Å². The highest BCUT2D eigenvalue weighted by Crippen LogP contribution is 2.25. The molecule has 86 valence electrons. The van der Waals surface area contributed by atoms with Crippen LogP contribution in [0.15, 0.2) is 60.7 Å². The molecule has 0 saturated carbocycles. The summed E-state index contributed by atoms with van der Waals surface area (Å²) >= 11 is 0. The summed E-state index contributed by atoms with van der Waals surface area (Å²) in [5.74, 6) is 0.599. The number of benzene rings is 2. The maximum atomic E-state index is 8.10. The van der Waals surface area contributed by atoms with Crippen LogP contribution in [0.4, 0.5) is 11.4 Å². The normalized spacial score (nSPS) is 9.94. The van der Waals surface area contributed by atoms with Gasteiger partial charge >= 0.3 is 0 Å². The predicted molar refractivity (Wildman–Crippen MR) is 73.0 cm³/mol. The quantitative estimate of drug-likeness (QED) is 0.613. The Morgan fingerprint density at radius 2 is 1.29 bits per heavy atom. The van der Waals surface area contributed by atoms with E-state index in [-0.39, 0.29) is 0 Å². The van der Waals surface area contributed by atoms with Crippen LogP contribution >= 0.6 is 0 Å². The third-order valence-corrected chi connectivity index (χ3v) is 2.63. The van der Waals surface area contributed by atoms with Crippen molar-refractivity contribution < 1.29 is 0 Å². The van der Waals surface area contributed by atoms with Gasteiger partial charge in [0.1, 0.15) is 5.84 Å². The molecule has 2 aromatic rings. The third-order valence-electron chi connectivity index (χ3n) is 2.63. The van der Waals surface area contributed by atoms with Crippen LogP contribution in [-0.2, 0) is 0 Å². The van der Waals surface area contributed by atoms with E-state index < -0.39 is 0 Å². The zero-order chi connectivity index (χ0) is 12.1. The molecule has 0 saturated heterocycles. The lowest BCUT2D eigenvalue weighted by Gasteiger charge is -2.24. The van der Waals surface area contributed by atoms with Crippen molar-refractivity contribution in [1.29, 1.82) is 5.41 Å². The lowest BCUT2D eigenvalue weighted by atomic mass is 10.2. The first-order valence-electron chi connectivity index (χ1n) is 5.80. The second-order valence-corrected chi connectivity index (χ2v) is 3.81. The topological polar surface area (TPSA) is 27.1 Å². The Hall–Kier alpha value is -2.09. The van der Waals surface area contributed by atoms with E-state index in [1.807, 2.05) is 72.5 Å². The van der Waals surface area contributed by atoms with E-state index in [9.17, 15) is 0 Å². The number of hydrogen-bond donors (Lipinski definition) is 1. The van der Waals surface area contributed by atoms with Gasteiger partial charge in [-0.15, -0.1) is 0 Å². The van der Waals surface area contributed by atoms with Crippen molar-refractivity contribution in [3.05, 3.63) is 60.7 Å². The maximum absolute atomic E-state index is 8.10. The van der Waals surface area contributed by atoms with Crippen molar-refractivity contribution in [2.75, 3.05) is 4.90 Å². The van der Waals surface area contributed by atoms with E-state index in [0.717, 1.165) is 11.4 Å². The number of amidine groups is 1. The summed E-state index contributed by atoms with van der Waals surface area (Å²) in [6.45, 7) is 2.00. The SMILES string of the molecule is CCC(=N)N(c1ccccc1)c1ccccc1. The molecule has 2 heteroatoms. The number of rotatable bonds is 3. The molecule has 17 heavy (non-hydrogen) atoms. The summed E-state index contributed by atoms with van der Waals surface area (Å²) in [5, 5.41) is 8.10.